The van der Waals surface area contributed by atoms with Gasteiger partial charge in [0.05, 0.1) is 12.8 Å². The number of aryl methyl sites for hydroxylation is 1. The van der Waals surface area contributed by atoms with E-state index in [0.717, 1.165) is 24.1 Å². The normalized spacial score (nSPS) is 22.8. The number of anilines is 1. The lowest BCUT2D eigenvalue weighted by Gasteiger charge is -2.31. The molecule has 0 heterocycles. The summed E-state index contributed by atoms with van der Waals surface area (Å²) in [6.45, 7) is 1.98. The lowest BCUT2D eigenvalue weighted by molar-refractivity contribution is -0.122. The largest absolute Gasteiger partial charge is 0.495 e. The first-order valence-electron chi connectivity index (χ1n) is 5.81. The molecule has 0 atom stereocenters. The number of carbonyl (C=O) groups excluding carboxylic acids is 1. The van der Waals surface area contributed by atoms with Gasteiger partial charge in [-0.3, -0.25) is 4.79 Å². The molecular weight excluding hydrogens is 216 g/mol. The predicted molar refractivity (Wildman–Crippen MR) is 67.1 cm³/mol. The summed E-state index contributed by atoms with van der Waals surface area (Å²) in [7, 11) is 1.60. The van der Waals surface area contributed by atoms with Gasteiger partial charge in [-0.05, 0) is 37.5 Å². The number of rotatable bonds is 3. The standard InChI is InChI=1S/C13H18N2O2/c1-8-3-4-12(17-2)11(5-8)15-13(16)9-6-10(14)7-9/h3-5,9-10H,6-7,14H2,1-2H3,(H,15,16). The molecule has 0 bridgehead atoms. The molecular formula is C13H18N2O2. The summed E-state index contributed by atoms with van der Waals surface area (Å²) in [4.78, 5) is 11.9. The third-order valence-corrected chi connectivity index (χ3v) is 3.16. The van der Waals surface area contributed by atoms with Crippen molar-refractivity contribution >= 4 is 11.6 Å². The number of carbonyl (C=O) groups is 1. The van der Waals surface area contributed by atoms with Crippen LogP contribution in [0.25, 0.3) is 0 Å². The van der Waals surface area contributed by atoms with Gasteiger partial charge in [0.2, 0.25) is 5.91 Å². The van der Waals surface area contributed by atoms with Crippen molar-refractivity contribution in [1.29, 1.82) is 0 Å². The lowest BCUT2D eigenvalue weighted by atomic mass is 9.80. The van der Waals surface area contributed by atoms with Crippen molar-refractivity contribution in [3.05, 3.63) is 23.8 Å². The zero-order valence-electron chi connectivity index (χ0n) is 10.2. The highest BCUT2D eigenvalue weighted by Gasteiger charge is 2.32. The maximum atomic E-state index is 11.9. The molecule has 3 N–H and O–H groups in total. The Bertz CT molecular complexity index is 425. The minimum atomic E-state index is 0.0376. The highest BCUT2D eigenvalue weighted by atomic mass is 16.5. The second kappa shape index (κ2) is 4.75. The highest BCUT2D eigenvalue weighted by molar-refractivity contribution is 5.94. The Kier molecular flexibility index (Phi) is 3.33. The Balaban J connectivity index is 2.07. The van der Waals surface area contributed by atoms with Gasteiger partial charge in [-0.25, -0.2) is 0 Å². The Labute approximate surface area is 101 Å². The van der Waals surface area contributed by atoms with Crippen LogP contribution in [-0.4, -0.2) is 19.1 Å². The predicted octanol–water partition coefficient (Wildman–Crippen LogP) is 1.68. The smallest absolute Gasteiger partial charge is 0.227 e. The average molecular weight is 234 g/mol. The molecule has 0 aliphatic heterocycles. The fourth-order valence-corrected chi connectivity index (χ4v) is 2.03. The highest BCUT2D eigenvalue weighted by Crippen LogP contribution is 2.30. The summed E-state index contributed by atoms with van der Waals surface area (Å²) in [5, 5.41) is 2.91. The van der Waals surface area contributed by atoms with Crippen molar-refractivity contribution in [3.63, 3.8) is 0 Å². The molecule has 0 aromatic heterocycles. The van der Waals surface area contributed by atoms with Crippen LogP contribution >= 0.6 is 0 Å². The maximum Gasteiger partial charge on any atom is 0.227 e. The molecule has 92 valence electrons. The molecule has 0 spiro atoms. The number of amides is 1. The molecule has 0 saturated heterocycles. The molecule has 2 rings (SSSR count). The van der Waals surface area contributed by atoms with Gasteiger partial charge in [-0.1, -0.05) is 6.07 Å². The van der Waals surface area contributed by atoms with Crippen LogP contribution in [0.4, 0.5) is 5.69 Å². The van der Waals surface area contributed by atoms with Crippen LogP contribution in [0.2, 0.25) is 0 Å². The summed E-state index contributed by atoms with van der Waals surface area (Å²) in [5.41, 5.74) is 7.50. The topological polar surface area (TPSA) is 64.3 Å². The van der Waals surface area contributed by atoms with Crippen LogP contribution in [-0.2, 0) is 4.79 Å². The molecule has 1 aliphatic rings. The zero-order valence-corrected chi connectivity index (χ0v) is 10.2. The van der Waals surface area contributed by atoms with Crippen molar-refractivity contribution in [2.75, 3.05) is 12.4 Å². The van der Waals surface area contributed by atoms with Gasteiger partial charge >= 0.3 is 0 Å². The van der Waals surface area contributed by atoms with E-state index in [1.54, 1.807) is 7.11 Å². The van der Waals surface area contributed by atoms with E-state index in [2.05, 4.69) is 5.32 Å². The Morgan fingerprint density at radius 1 is 1.47 bits per heavy atom. The van der Waals surface area contributed by atoms with Crippen LogP contribution in [0, 0.1) is 12.8 Å². The molecule has 1 fully saturated rings. The van der Waals surface area contributed by atoms with Crippen LogP contribution in [0.15, 0.2) is 18.2 Å². The molecule has 4 heteroatoms. The number of nitrogens with one attached hydrogen (secondary N) is 1. The number of ether oxygens (including phenoxy) is 1. The summed E-state index contributed by atoms with van der Waals surface area (Å²) in [6, 6.07) is 5.91. The number of hydrogen-bond acceptors (Lipinski definition) is 3. The third kappa shape index (κ3) is 2.58. The van der Waals surface area contributed by atoms with Crippen LogP contribution < -0.4 is 15.8 Å². The third-order valence-electron chi connectivity index (χ3n) is 3.16. The monoisotopic (exact) mass is 234 g/mol. The van der Waals surface area contributed by atoms with Crippen molar-refractivity contribution in [2.45, 2.75) is 25.8 Å². The van der Waals surface area contributed by atoms with E-state index in [4.69, 9.17) is 10.5 Å². The van der Waals surface area contributed by atoms with Crippen molar-refractivity contribution in [3.8, 4) is 5.75 Å². The Morgan fingerprint density at radius 2 is 2.18 bits per heavy atom. The first kappa shape index (κ1) is 11.9. The van der Waals surface area contributed by atoms with E-state index in [1.165, 1.54) is 0 Å². The number of hydrogen-bond donors (Lipinski definition) is 2. The maximum absolute atomic E-state index is 11.9. The van der Waals surface area contributed by atoms with Gasteiger partial charge in [-0.2, -0.15) is 0 Å². The summed E-state index contributed by atoms with van der Waals surface area (Å²) >= 11 is 0. The van der Waals surface area contributed by atoms with Crippen LogP contribution in [0.3, 0.4) is 0 Å². The quantitative estimate of drug-likeness (QED) is 0.836. The van der Waals surface area contributed by atoms with Crippen LogP contribution in [0.1, 0.15) is 18.4 Å². The molecule has 1 saturated carbocycles. The summed E-state index contributed by atoms with van der Waals surface area (Å²) in [5.74, 6) is 0.776. The van der Waals surface area contributed by atoms with Crippen LogP contribution in [0.5, 0.6) is 5.75 Å². The van der Waals surface area contributed by atoms with E-state index < -0.39 is 0 Å². The van der Waals surface area contributed by atoms with Crippen molar-refractivity contribution in [2.24, 2.45) is 11.7 Å². The van der Waals surface area contributed by atoms with E-state index in [9.17, 15) is 4.79 Å². The van der Waals surface area contributed by atoms with E-state index >= 15 is 0 Å². The SMILES string of the molecule is COc1ccc(C)cc1NC(=O)C1CC(N)C1. The molecule has 4 nitrogen and oxygen atoms in total. The summed E-state index contributed by atoms with van der Waals surface area (Å²) in [6.07, 6.45) is 1.56. The second-order valence-electron chi connectivity index (χ2n) is 4.62. The lowest BCUT2D eigenvalue weighted by Crippen LogP contribution is -2.42. The number of benzene rings is 1. The molecule has 1 aliphatic carbocycles. The van der Waals surface area contributed by atoms with Crippen molar-refractivity contribution in [1.82, 2.24) is 0 Å². The van der Waals surface area contributed by atoms with Gasteiger partial charge in [0.1, 0.15) is 5.75 Å². The molecule has 1 amide bonds. The second-order valence-corrected chi connectivity index (χ2v) is 4.62. The molecule has 1 aromatic carbocycles. The van der Waals surface area contributed by atoms with Gasteiger partial charge in [-0.15, -0.1) is 0 Å². The van der Waals surface area contributed by atoms with Gasteiger partial charge < -0.3 is 15.8 Å². The zero-order chi connectivity index (χ0) is 12.4. The minimum Gasteiger partial charge on any atom is -0.495 e. The fraction of sp³-hybridized carbons (Fsp3) is 0.462. The fourth-order valence-electron chi connectivity index (χ4n) is 2.03. The molecule has 17 heavy (non-hydrogen) atoms. The molecule has 0 unspecified atom stereocenters. The average Bonchev–Trinajstić information content (AvgIpc) is 2.25. The Morgan fingerprint density at radius 3 is 2.76 bits per heavy atom. The number of methoxy groups -OCH3 is 1. The van der Waals surface area contributed by atoms with Gasteiger partial charge in [0.15, 0.2) is 0 Å². The van der Waals surface area contributed by atoms with E-state index in [0.29, 0.717) is 5.75 Å². The summed E-state index contributed by atoms with van der Waals surface area (Å²) < 4.78 is 5.21. The molecule has 0 radical (unpaired) electrons. The minimum absolute atomic E-state index is 0.0376. The first-order chi connectivity index (χ1) is 8.10. The number of nitrogens with two attached hydrogens (primary N) is 1. The van der Waals surface area contributed by atoms with E-state index in [1.807, 2.05) is 25.1 Å². The van der Waals surface area contributed by atoms with Crippen molar-refractivity contribution < 1.29 is 9.53 Å². The van der Waals surface area contributed by atoms with Gasteiger partial charge in [0.25, 0.3) is 0 Å². The Hall–Kier alpha value is -1.55. The molecule has 1 aromatic rings. The van der Waals surface area contributed by atoms with Gasteiger partial charge in [0, 0.05) is 12.0 Å². The first-order valence-corrected chi connectivity index (χ1v) is 5.81. The van der Waals surface area contributed by atoms with E-state index in [-0.39, 0.29) is 17.9 Å².